The SMILES string of the molecule is CC(c1ncc(-c2ccccc2)o1)N1CCC(C(=O)O)C1. The molecule has 0 bridgehead atoms. The van der Waals surface area contributed by atoms with Gasteiger partial charge in [0, 0.05) is 12.1 Å². The number of carboxylic acids is 1. The summed E-state index contributed by atoms with van der Waals surface area (Å²) in [5.41, 5.74) is 0.994. The summed E-state index contributed by atoms with van der Waals surface area (Å²) >= 11 is 0. The van der Waals surface area contributed by atoms with E-state index in [1.165, 1.54) is 0 Å². The first-order chi connectivity index (χ1) is 10.1. The van der Waals surface area contributed by atoms with Gasteiger partial charge in [-0.3, -0.25) is 9.69 Å². The summed E-state index contributed by atoms with van der Waals surface area (Å²) in [5, 5.41) is 9.07. The second-order valence-electron chi connectivity index (χ2n) is 5.42. The Morgan fingerprint density at radius 2 is 2.19 bits per heavy atom. The Morgan fingerprint density at radius 1 is 1.43 bits per heavy atom. The highest BCUT2D eigenvalue weighted by atomic mass is 16.4. The summed E-state index contributed by atoms with van der Waals surface area (Å²) in [7, 11) is 0. The molecule has 0 spiro atoms. The highest BCUT2D eigenvalue weighted by molar-refractivity contribution is 5.70. The molecule has 1 aliphatic rings. The predicted octanol–water partition coefficient (Wildman–Crippen LogP) is 2.81. The molecule has 1 saturated heterocycles. The molecule has 21 heavy (non-hydrogen) atoms. The van der Waals surface area contributed by atoms with E-state index in [4.69, 9.17) is 9.52 Å². The molecule has 0 radical (unpaired) electrons. The van der Waals surface area contributed by atoms with E-state index in [2.05, 4.69) is 9.88 Å². The van der Waals surface area contributed by atoms with Crippen LogP contribution in [-0.2, 0) is 4.79 Å². The third-order valence-electron chi connectivity index (χ3n) is 4.06. The molecule has 3 rings (SSSR count). The number of likely N-dealkylation sites (tertiary alicyclic amines) is 1. The van der Waals surface area contributed by atoms with Crippen molar-refractivity contribution in [2.75, 3.05) is 13.1 Å². The Balaban J connectivity index is 1.73. The topological polar surface area (TPSA) is 66.6 Å². The van der Waals surface area contributed by atoms with Gasteiger partial charge in [-0.05, 0) is 19.9 Å². The van der Waals surface area contributed by atoms with Crippen LogP contribution in [0.15, 0.2) is 40.9 Å². The summed E-state index contributed by atoms with van der Waals surface area (Å²) in [6.45, 7) is 3.32. The molecule has 0 saturated carbocycles. The first kappa shape index (κ1) is 13.8. The number of aromatic nitrogens is 1. The Labute approximate surface area is 123 Å². The molecule has 5 heteroatoms. The zero-order chi connectivity index (χ0) is 14.8. The number of oxazole rings is 1. The Bertz CT molecular complexity index is 623. The molecule has 0 amide bonds. The lowest BCUT2D eigenvalue weighted by Crippen LogP contribution is -2.26. The smallest absolute Gasteiger partial charge is 0.307 e. The average molecular weight is 286 g/mol. The Hall–Kier alpha value is -2.14. The van der Waals surface area contributed by atoms with Crippen LogP contribution in [0.4, 0.5) is 0 Å². The van der Waals surface area contributed by atoms with Crippen LogP contribution in [0.1, 0.15) is 25.3 Å². The molecule has 2 unspecified atom stereocenters. The number of hydrogen-bond donors (Lipinski definition) is 1. The van der Waals surface area contributed by atoms with E-state index in [0.29, 0.717) is 18.9 Å². The molecule has 2 aromatic rings. The van der Waals surface area contributed by atoms with Crippen LogP contribution in [-0.4, -0.2) is 34.0 Å². The van der Waals surface area contributed by atoms with E-state index < -0.39 is 5.97 Å². The van der Waals surface area contributed by atoms with Crippen LogP contribution in [0.25, 0.3) is 11.3 Å². The van der Waals surface area contributed by atoms with Gasteiger partial charge in [-0.15, -0.1) is 0 Å². The zero-order valence-corrected chi connectivity index (χ0v) is 11.9. The number of carbonyl (C=O) groups is 1. The summed E-state index contributed by atoms with van der Waals surface area (Å²) in [5.74, 6) is 0.379. The van der Waals surface area contributed by atoms with Gasteiger partial charge >= 0.3 is 5.97 Å². The lowest BCUT2D eigenvalue weighted by atomic mass is 10.1. The minimum atomic E-state index is -0.720. The van der Waals surface area contributed by atoms with Gasteiger partial charge in [-0.1, -0.05) is 30.3 Å². The summed E-state index contributed by atoms with van der Waals surface area (Å²) in [6.07, 6.45) is 2.41. The Kier molecular flexibility index (Phi) is 3.75. The molecular weight excluding hydrogens is 268 g/mol. The first-order valence-electron chi connectivity index (χ1n) is 7.13. The number of carboxylic acid groups (broad SMARTS) is 1. The van der Waals surface area contributed by atoms with Crippen molar-refractivity contribution in [3.8, 4) is 11.3 Å². The van der Waals surface area contributed by atoms with Crippen LogP contribution < -0.4 is 0 Å². The van der Waals surface area contributed by atoms with Crippen molar-refractivity contribution in [1.29, 1.82) is 0 Å². The lowest BCUT2D eigenvalue weighted by Gasteiger charge is -2.20. The first-order valence-corrected chi connectivity index (χ1v) is 7.13. The maximum atomic E-state index is 11.0. The zero-order valence-electron chi connectivity index (χ0n) is 11.9. The maximum absolute atomic E-state index is 11.0. The van der Waals surface area contributed by atoms with E-state index in [1.807, 2.05) is 37.3 Å². The number of aliphatic carboxylic acids is 1. The van der Waals surface area contributed by atoms with E-state index in [9.17, 15) is 4.79 Å². The Morgan fingerprint density at radius 3 is 2.86 bits per heavy atom. The van der Waals surface area contributed by atoms with Gasteiger partial charge in [0.1, 0.15) is 0 Å². The van der Waals surface area contributed by atoms with Crippen LogP contribution in [0.2, 0.25) is 0 Å². The van der Waals surface area contributed by atoms with Crippen molar-refractivity contribution in [1.82, 2.24) is 9.88 Å². The standard InChI is InChI=1S/C16H18N2O3/c1-11(18-8-7-13(10-18)16(19)20)15-17-9-14(21-15)12-5-3-2-4-6-12/h2-6,9,11,13H,7-8,10H2,1H3,(H,19,20). The molecule has 0 aliphatic carbocycles. The van der Waals surface area contributed by atoms with Gasteiger partial charge in [-0.2, -0.15) is 0 Å². The molecule has 2 atom stereocenters. The summed E-state index contributed by atoms with van der Waals surface area (Å²) in [4.78, 5) is 17.5. The highest BCUT2D eigenvalue weighted by Crippen LogP contribution is 2.29. The number of hydrogen-bond acceptors (Lipinski definition) is 4. The third-order valence-corrected chi connectivity index (χ3v) is 4.06. The van der Waals surface area contributed by atoms with Crippen LogP contribution >= 0.6 is 0 Å². The van der Waals surface area contributed by atoms with Crippen molar-refractivity contribution in [2.45, 2.75) is 19.4 Å². The fourth-order valence-corrected chi connectivity index (χ4v) is 2.71. The summed E-state index contributed by atoms with van der Waals surface area (Å²) in [6, 6.07) is 9.82. The minimum absolute atomic E-state index is 0.00758. The predicted molar refractivity (Wildman–Crippen MR) is 77.7 cm³/mol. The molecule has 110 valence electrons. The van der Waals surface area contributed by atoms with Gasteiger partial charge in [0.15, 0.2) is 5.76 Å². The molecule has 1 N–H and O–H groups in total. The summed E-state index contributed by atoms with van der Waals surface area (Å²) < 4.78 is 5.84. The lowest BCUT2D eigenvalue weighted by molar-refractivity contribution is -0.141. The van der Waals surface area contributed by atoms with Gasteiger partial charge < -0.3 is 9.52 Å². The van der Waals surface area contributed by atoms with E-state index in [0.717, 1.165) is 17.9 Å². The van der Waals surface area contributed by atoms with Crippen LogP contribution in [0.3, 0.4) is 0 Å². The van der Waals surface area contributed by atoms with E-state index in [1.54, 1.807) is 6.20 Å². The molecule has 1 aliphatic heterocycles. The quantitative estimate of drug-likeness (QED) is 0.936. The van der Waals surface area contributed by atoms with E-state index in [-0.39, 0.29) is 12.0 Å². The maximum Gasteiger partial charge on any atom is 0.307 e. The fraction of sp³-hybridized carbons (Fsp3) is 0.375. The van der Waals surface area contributed by atoms with Crippen molar-refractivity contribution in [3.63, 3.8) is 0 Å². The molecule has 1 aromatic heterocycles. The van der Waals surface area contributed by atoms with Gasteiger partial charge in [0.25, 0.3) is 0 Å². The van der Waals surface area contributed by atoms with Crippen molar-refractivity contribution < 1.29 is 14.3 Å². The molecule has 1 aromatic carbocycles. The molecule has 5 nitrogen and oxygen atoms in total. The number of nitrogens with zero attached hydrogens (tertiary/aromatic N) is 2. The van der Waals surface area contributed by atoms with Gasteiger partial charge in [-0.25, -0.2) is 4.98 Å². The van der Waals surface area contributed by atoms with Crippen molar-refractivity contribution in [2.24, 2.45) is 5.92 Å². The molecule has 2 heterocycles. The largest absolute Gasteiger partial charge is 0.481 e. The average Bonchev–Trinajstić information content (AvgIpc) is 3.17. The van der Waals surface area contributed by atoms with Crippen molar-refractivity contribution in [3.05, 3.63) is 42.4 Å². The second kappa shape index (κ2) is 5.69. The van der Waals surface area contributed by atoms with Crippen LogP contribution in [0.5, 0.6) is 0 Å². The van der Waals surface area contributed by atoms with Crippen LogP contribution in [0, 0.1) is 5.92 Å². The second-order valence-corrected chi connectivity index (χ2v) is 5.42. The fourth-order valence-electron chi connectivity index (χ4n) is 2.71. The van der Waals surface area contributed by atoms with Crippen molar-refractivity contribution >= 4 is 5.97 Å². The molecule has 1 fully saturated rings. The number of benzene rings is 1. The van der Waals surface area contributed by atoms with Gasteiger partial charge in [0.05, 0.1) is 18.2 Å². The number of rotatable bonds is 4. The molecular formula is C16H18N2O3. The van der Waals surface area contributed by atoms with E-state index >= 15 is 0 Å². The monoisotopic (exact) mass is 286 g/mol. The van der Waals surface area contributed by atoms with Gasteiger partial charge in [0.2, 0.25) is 5.89 Å². The normalized spacial score (nSPS) is 20.5. The third kappa shape index (κ3) is 2.83. The minimum Gasteiger partial charge on any atom is -0.481 e. The highest BCUT2D eigenvalue weighted by Gasteiger charge is 2.32.